The summed E-state index contributed by atoms with van der Waals surface area (Å²) in [5.41, 5.74) is 2.86. The Morgan fingerprint density at radius 1 is 0.840 bits per heavy atom. The first-order valence-electron chi connectivity index (χ1n) is 9.36. The van der Waals surface area contributed by atoms with E-state index in [9.17, 15) is 4.57 Å². The second-order valence-electron chi connectivity index (χ2n) is 6.24. The Balaban J connectivity index is 2.07. The molecule has 0 atom stereocenters. The van der Waals surface area contributed by atoms with Gasteiger partial charge in [0.25, 0.3) is 0 Å². The van der Waals surface area contributed by atoms with Gasteiger partial charge in [-0.05, 0) is 31.5 Å². The van der Waals surface area contributed by atoms with Gasteiger partial charge in [-0.15, -0.1) is 0 Å². The van der Waals surface area contributed by atoms with E-state index in [1.807, 2.05) is 80.6 Å². The van der Waals surface area contributed by atoms with Crippen molar-refractivity contribution in [1.29, 1.82) is 0 Å². The van der Waals surface area contributed by atoms with Crippen LogP contribution in [0.15, 0.2) is 78.9 Å². The van der Waals surface area contributed by atoms with E-state index < -0.39 is 13.4 Å². The molecule has 3 aromatic rings. The molecule has 0 amide bonds. The predicted molar refractivity (Wildman–Crippen MR) is 107 cm³/mol. The largest absolute Gasteiger partial charge is 0.312 e. The third kappa shape index (κ3) is 4.28. The molecular formula is C22H24NOP. The van der Waals surface area contributed by atoms with Gasteiger partial charge in [-0.25, -0.2) is 0 Å². The molecule has 0 aliphatic rings. The van der Waals surface area contributed by atoms with Crippen LogP contribution in [0.4, 0.5) is 0 Å². The lowest BCUT2D eigenvalue weighted by molar-refractivity contribution is 0.581. The van der Waals surface area contributed by atoms with E-state index >= 15 is 0 Å². The number of rotatable bonds is 6. The smallest absolute Gasteiger partial charge is 0.156 e. The second kappa shape index (κ2) is 7.82. The lowest BCUT2D eigenvalue weighted by Crippen LogP contribution is -2.26. The maximum absolute atomic E-state index is 14.3. The summed E-state index contributed by atoms with van der Waals surface area (Å²) in [6.45, 7) is 4.16. The number of hydrogen-bond donors (Lipinski definition) is 1. The molecule has 0 radical (unpaired) electrons. The summed E-state index contributed by atoms with van der Waals surface area (Å²) in [5.74, 6) is 0. The zero-order chi connectivity index (χ0) is 19.5. The molecule has 0 fully saturated rings. The number of aryl methyl sites for hydroxylation is 2. The number of benzene rings is 3. The van der Waals surface area contributed by atoms with Gasteiger partial charge in [0.15, 0.2) is 7.14 Å². The summed E-state index contributed by atoms with van der Waals surface area (Å²) in [6, 6.07) is 24.3. The lowest BCUT2D eigenvalue weighted by Gasteiger charge is -2.21. The third-order valence-corrected chi connectivity index (χ3v) is 6.59. The molecule has 3 heteroatoms. The fraction of sp³-hybridized carbons (Fsp3) is 0.182. The molecule has 25 heavy (non-hydrogen) atoms. The minimum Gasteiger partial charge on any atom is -0.312 e. The Morgan fingerprint density at radius 2 is 1.40 bits per heavy atom. The first kappa shape index (κ1) is 15.1. The molecular weight excluding hydrogens is 325 g/mol. The molecule has 0 bridgehead atoms. The van der Waals surface area contributed by atoms with Crippen molar-refractivity contribution in [2.45, 2.75) is 20.4 Å². The summed E-state index contributed by atoms with van der Waals surface area (Å²) in [6.07, 6.45) is -2.09. The number of nitrogens with one attached hydrogen (secondary N) is 1. The van der Waals surface area contributed by atoms with Crippen molar-refractivity contribution in [2.75, 3.05) is 6.24 Å². The second-order valence-corrected chi connectivity index (χ2v) is 8.71. The SMILES string of the molecule is [2H]C([2H])(NCc1ccccc1)P(=O)(c1cccc(C)c1)c1cccc(C)c1. The van der Waals surface area contributed by atoms with Gasteiger partial charge in [-0.2, -0.15) is 0 Å². The highest BCUT2D eigenvalue weighted by atomic mass is 31.2. The lowest BCUT2D eigenvalue weighted by atomic mass is 10.2. The predicted octanol–water partition coefficient (Wildman–Crippen LogP) is 4.36. The molecule has 2 nitrogen and oxygen atoms in total. The van der Waals surface area contributed by atoms with Crippen molar-refractivity contribution in [3.05, 3.63) is 95.6 Å². The molecule has 1 N–H and O–H groups in total. The van der Waals surface area contributed by atoms with E-state index in [-0.39, 0.29) is 0 Å². The third-order valence-electron chi connectivity index (χ3n) is 4.10. The molecule has 0 saturated heterocycles. The summed E-state index contributed by atoms with van der Waals surface area (Å²) >= 11 is 0. The van der Waals surface area contributed by atoms with E-state index in [1.165, 1.54) is 0 Å². The topological polar surface area (TPSA) is 29.1 Å². The van der Waals surface area contributed by atoms with E-state index in [1.54, 1.807) is 12.1 Å². The normalized spacial score (nSPS) is 13.2. The summed E-state index contributed by atoms with van der Waals surface area (Å²) in [5, 5.41) is 3.98. The van der Waals surface area contributed by atoms with Crippen LogP contribution in [-0.4, -0.2) is 6.24 Å². The first-order chi connectivity index (χ1) is 12.8. The Morgan fingerprint density at radius 3 is 1.92 bits per heavy atom. The Labute approximate surface area is 153 Å². The average Bonchev–Trinajstić information content (AvgIpc) is 2.66. The van der Waals surface area contributed by atoms with Crippen molar-refractivity contribution in [3.63, 3.8) is 0 Å². The first-order valence-corrected chi connectivity index (χ1v) is 10.1. The highest BCUT2D eigenvalue weighted by Gasteiger charge is 2.27. The van der Waals surface area contributed by atoms with Crippen molar-refractivity contribution in [2.24, 2.45) is 0 Å². The van der Waals surface area contributed by atoms with Crippen molar-refractivity contribution in [1.82, 2.24) is 5.32 Å². The van der Waals surface area contributed by atoms with E-state index in [0.29, 0.717) is 17.2 Å². The molecule has 0 heterocycles. The Bertz CT molecular complexity index is 923. The van der Waals surface area contributed by atoms with Crippen LogP contribution >= 0.6 is 7.14 Å². The van der Waals surface area contributed by atoms with Crippen LogP contribution in [0.3, 0.4) is 0 Å². The zero-order valence-corrected chi connectivity index (χ0v) is 15.5. The molecule has 0 spiro atoms. The highest BCUT2D eigenvalue weighted by Crippen LogP contribution is 2.42. The molecule has 3 aromatic carbocycles. The van der Waals surface area contributed by atoms with E-state index in [0.717, 1.165) is 16.7 Å². The average molecular weight is 351 g/mol. The molecule has 0 saturated carbocycles. The molecule has 0 aliphatic heterocycles. The quantitative estimate of drug-likeness (QED) is 0.669. The van der Waals surface area contributed by atoms with Gasteiger partial charge in [-0.3, -0.25) is 0 Å². The van der Waals surface area contributed by atoms with Crippen LogP contribution < -0.4 is 15.9 Å². The fourth-order valence-corrected chi connectivity index (χ4v) is 5.00. The maximum atomic E-state index is 14.3. The molecule has 0 unspecified atom stereocenters. The number of hydrogen-bond acceptors (Lipinski definition) is 2. The van der Waals surface area contributed by atoms with Gasteiger partial charge in [0.2, 0.25) is 0 Å². The molecule has 0 aromatic heterocycles. The Hall–Kier alpha value is -2.15. The van der Waals surface area contributed by atoms with Crippen LogP contribution in [0.2, 0.25) is 0 Å². The van der Waals surface area contributed by atoms with Crippen LogP contribution in [-0.2, 0) is 11.1 Å². The fourth-order valence-electron chi connectivity index (χ4n) is 2.77. The molecule has 128 valence electrons. The molecule has 0 aliphatic carbocycles. The van der Waals surface area contributed by atoms with Crippen LogP contribution in [0.1, 0.15) is 19.4 Å². The van der Waals surface area contributed by atoms with Gasteiger partial charge in [-0.1, -0.05) is 77.9 Å². The van der Waals surface area contributed by atoms with Gasteiger partial charge in [0.1, 0.15) is 0 Å². The summed E-state index contributed by atoms with van der Waals surface area (Å²) < 4.78 is 31.8. The maximum Gasteiger partial charge on any atom is 0.156 e. The zero-order valence-electron chi connectivity index (χ0n) is 16.6. The van der Waals surface area contributed by atoms with Gasteiger partial charge >= 0.3 is 0 Å². The Kier molecular flexibility index (Phi) is 4.73. The van der Waals surface area contributed by atoms with E-state index in [4.69, 9.17) is 2.74 Å². The summed E-state index contributed by atoms with van der Waals surface area (Å²) in [7, 11) is -3.60. The van der Waals surface area contributed by atoms with Gasteiger partial charge in [0.05, 0.1) is 8.98 Å². The van der Waals surface area contributed by atoms with Crippen LogP contribution in [0.5, 0.6) is 0 Å². The standard InChI is InChI=1S/C22H24NOP/c1-18-8-6-12-21(14-18)25(24,22-13-7-9-19(2)15-22)17-23-16-20-10-4-3-5-11-20/h3-15,23H,16-17H2,1-2H3/i17D2. The minimum atomic E-state index is -3.60. The van der Waals surface area contributed by atoms with Crippen LogP contribution in [0.25, 0.3) is 0 Å². The monoisotopic (exact) mass is 351 g/mol. The van der Waals surface area contributed by atoms with Gasteiger partial charge in [0, 0.05) is 17.2 Å². The van der Waals surface area contributed by atoms with Crippen molar-refractivity contribution < 1.29 is 7.31 Å². The van der Waals surface area contributed by atoms with Crippen molar-refractivity contribution >= 4 is 17.8 Å². The summed E-state index contributed by atoms with van der Waals surface area (Å²) in [4.78, 5) is 0. The highest BCUT2D eigenvalue weighted by molar-refractivity contribution is 7.78. The minimum absolute atomic E-state index is 0.301. The van der Waals surface area contributed by atoms with Crippen molar-refractivity contribution in [3.8, 4) is 0 Å². The van der Waals surface area contributed by atoms with Crippen LogP contribution in [0, 0.1) is 13.8 Å². The molecule has 3 rings (SSSR count). The van der Waals surface area contributed by atoms with Gasteiger partial charge < -0.3 is 9.88 Å². The van der Waals surface area contributed by atoms with E-state index in [2.05, 4.69) is 5.32 Å².